The first-order valence-corrected chi connectivity index (χ1v) is 6.69. The van der Waals surface area contributed by atoms with Gasteiger partial charge in [0, 0.05) is 6.20 Å². The van der Waals surface area contributed by atoms with E-state index in [1.54, 1.807) is 12.1 Å². The second kappa shape index (κ2) is 5.16. The molecule has 110 valence electrons. The normalized spacial score (nSPS) is 11.4. The number of hydrogen-bond donors (Lipinski definition) is 1. The van der Waals surface area contributed by atoms with Crippen LogP contribution in [0.3, 0.4) is 0 Å². The van der Waals surface area contributed by atoms with E-state index in [1.165, 1.54) is 13.1 Å². The van der Waals surface area contributed by atoms with Crippen molar-refractivity contribution in [2.45, 2.75) is 33.1 Å². The van der Waals surface area contributed by atoms with Crippen LogP contribution in [0.15, 0.2) is 40.1 Å². The number of ketones is 1. The SMILES string of the molecule is CC(=O)c1c[nH]c(=O)n(-c2ccccc2C(C)(C)C)c1=O. The zero-order valence-corrected chi connectivity index (χ0v) is 12.6. The van der Waals surface area contributed by atoms with Gasteiger partial charge < -0.3 is 4.98 Å². The molecule has 0 aliphatic heterocycles. The lowest BCUT2D eigenvalue weighted by Gasteiger charge is -2.23. The largest absolute Gasteiger partial charge is 0.333 e. The molecule has 1 heterocycles. The van der Waals surface area contributed by atoms with Crippen LogP contribution in [0.4, 0.5) is 0 Å². The van der Waals surface area contributed by atoms with Crippen molar-refractivity contribution in [1.82, 2.24) is 9.55 Å². The Morgan fingerprint density at radius 2 is 1.76 bits per heavy atom. The Kier molecular flexibility index (Phi) is 3.68. The highest BCUT2D eigenvalue weighted by molar-refractivity contribution is 5.93. The number of nitrogens with one attached hydrogen (secondary N) is 1. The Morgan fingerprint density at radius 1 is 1.14 bits per heavy atom. The zero-order chi connectivity index (χ0) is 15.8. The standard InChI is InChI=1S/C16H18N2O3/c1-10(19)11-9-17-15(21)18(14(11)20)13-8-6-5-7-12(13)16(2,3)4/h5-9H,1-4H3,(H,17,21). The zero-order valence-electron chi connectivity index (χ0n) is 12.6. The molecule has 0 amide bonds. The van der Waals surface area contributed by atoms with E-state index in [0.29, 0.717) is 5.69 Å². The van der Waals surface area contributed by atoms with Gasteiger partial charge in [-0.25, -0.2) is 9.36 Å². The Morgan fingerprint density at radius 3 is 2.33 bits per heavy atom. The van der Waals surface area contributed by atoms with Crippen molar-refractivity contribution in [2.24, 2.45) is 0 Å². The van der Waals surface area contributed by atoms with Crippen molar-refractivity contribution >= 4 is 5.78 Å². The number of aromatic amines is 1. The molecule has 5 heteroatoms. The predicted octanol–water partition coefficient (Wildman–Crippen LogP) is 2.03. The maximum absolute atomic E-state index is 12.4. The molecule has 0 atom stereocenters. The van der Waals surface area contributed by atoms with Gasteiger partial charge in [0.15, 0.2) is 5.78 Å². The van der Waals surface area contributed by atoms with Gasteiger partial charge in [-0.3, -0.25) is 9.59 Å². The van der Waals surface area contributed by atoms with Crippen molar-refractivity contribution in [2.75, 3.05) is 0 Å². The fourth-order valence-corrected chi connectivity index (χ4v) is 2.25. The smallest absolute Gasteiger partial charge is 0.313 e. The summed E-state index contributed by atoms with van der Waals surface area (Å²) in [5, 5.41) is 0. The number of para-hydroxylation sites is 1. The molecule has 1 aromatic heterocycles. The highest BCUT2D eigenvalue weighted by Gasteiger charge is 2.21. The van der Waals surface area contributed by atoms with Gasteiger partial charge in [-0.05, 0) is 24.0 Å². The van der Waals surface area contributed by atoms with Crippen molar-refractivity contribution in [3.05, 3.63) is 62.4 Å². The second-order valence-electron chi connectivity index (χ2n) is 5.97. The van der Waals surface area contributed by atoms with E-state index in [0.717, 1.165) is 10.1 Å². The summed E-state index contributed by atoms with van der Waals surface area (Å²) >= 11 is 0. The molecule has 0 aliphatic rings. The molecule has 0 fully saturated rings. The first-order chi connectivity index (χ1) is 9.73. The maximum atomic E-state index is 12.4. The molecule has 0 saturated carbocycles. The van der Waals surface area contributed by atoms with Crippen LogP contribution < -0.4 is 11.2 Å². The molecule has 1 N–H and O–H groups in total. The summed E-state index contributed by atoms with van der Waals surface area (Å²) in [6.07, 6.45) is 1.17. The Bertz CT molecular complexity index is 807. The highest BCUT2D eigenvalue weighted by Crippen LogP contribution is 2.26. The average molecular weight is 286 g/mol. The highest BCUT2D eigenvalue weighted by atomic mass is 16.2. The third-order valence-corrected chi connectivity index (χ3v) is 3.31. The molecule has 0 saturated heterocycles. The van der Waals surface area contributed by atoms with Gasteiger partial charge in [0.1, 0.15) is 0 Å². The van der Waals surface area contributed by atoms with Crippen LogP contribution in [0, 0.1) is 0 Å². The van der Waals surface area contributed by atoms with Gasteiger partial charge in [0.2, 0.25) is 0 Å². The maximum Gasteiger partial charge on any atom is 0.333 e. The number of rotatable bonds is 2. The molecule has 5 nitrogen and oxygen atoms in total. The fourth-order valence-electron chi connectivity index (χ4n) is 2.25. The number of Topliss-reactive ketones (excluding diaryl/α,β-unsaturated/α-hetero) is 1. The Balaban J connectivity index is 2.87. The minimum absolute atomic E-state index is 0.0293. The van der Waals surface area contributed by atoms with Crippen molar-refractivity contribution in [1.29, 1.82) is 0 Å². The van der Waals surface area contributed by atoms with E-state index in [2.05, 4.69) is 4.98 Å². The minimum Gasteiger partial charge on any atom is -0.313 e. The van der Waals surface area contributed by atoms with Crippen LogP contribution in [-0.4, -0.2) is 15.3 Å². The van der Waals surface area contributed by atoms with Crippen molar-refractivity contribution in [3.63, 3.8) is 0 Å². The molecule has 2 rings (SSSR count). The van der Waals surface area contributed by atoms with Crippen molar-refractivity contribution < 1.29 is 4.79 Å². The summed E-state index contributed by atoms with van der Waals surface area (Å²) in [5.41, 5.74) is -0.0602. The van der Waals surface area contributed by atoms with Crippen LogP contribution in [-0.2, 0) is 5.41 Å². The summed E-state index contributed by atoms with van der Waals surface area (Å²) in [6, 6.07) is 7.21. The first kappa shape index (κ1) is 15.0. The van der Waals surface area contributed by atoms with E-state index < -0.39 is 11.2 Å². The number of H-pyrrole nitrogens is 1. The summed E-state index contributed by atoms with van der Waals surface area (Å²) in [4.78, 5) is 38.5. The van der Waals surface area contributed by atoms with Gasteiger partial charge in [0.05, 0.1) is 11.3 Å². The Hall–Kier alpha value is -2.43. The average Bonchev–Trinajstić information content (AvgIpc) is 2.37. The van der Waals surface area contributed by atoms with E-state index in [9.17, 15) is 14.4 Å². The van der Waals surface area contributed by atoms with Crippen LogP contribution in [0.1, 0.15) is 43.6 Å². The number of carbonyl (C=O) groups excluding carboxylic acids is 1. The number of aromatic nitrogens is 2. The summed E-state index contributed by atoms with van der Waals surface area (Å²) in [7, 11) is 0. The van der Waals surface area contributed by atoms with Gasteiger partial charge >= 0.3 is 5.69 Å². The first-order valence-electron chi connectivity index (χ1n) is 6.69. The molecule has 21 heavy (non-hydrogen) atoms. The van der Waals surface area contributed by atoms with E-state index >= 15 is 0 Å². The lowest BCUT2D eigenvalue weighted by molar-refractivity contribution is 0.101. The topological polar surface area (TPSA) is 71.9 Å². The van der Waals surface area contributed by atoms with Gasteiger partial charge in [-0.1, -0.05) is 39.0 Å². The van der Waals surface area contributed by atoms with E-state index in [-0.39, 0.29) is 16.8 Å². The van der Waals surface area contributed by atoms with E-state index in [4.69, 9.17) is 0 Å². The lowest BCUT2D eigenvalue weighted by Crippen LogP contribution is -2.37. The number of carbonyl (C=O) groups is 1. The van der Waals surface area contributed by atoms with Crippen LogP contribution in [0.5, 0.6) is 0 Å². The summed E-state index contributed by atoms with van der Waals surface area (Å²) < 4.78 is 1.03. The Labute approximate surface area is 122 Å². The fraction of sp³-hybridized carbons (Fsp3) is 0.312. The minimum atomic E-state index is -0.594. The predicted molar refractivity (Wildman–Crippen MR) is 81.4 cm³/mol. The number of hydrogen-bond acceptors (Lipinski definition) is 3. The van der Waals surface area contributed by atoms with Gasteiger partial charge in [0.25, 0.3) is 5.56 Å². The molecule has 1 aromatic carbocycles. The third kappa shape index (κ3) is 2.72. The quantitative estimate of drug-likeness (QED) is 0.859. The summed E-state index contributed by atoms with van der Waals surface area (Å²) in [5.74, 6) is -0.377. The molecular weight excluding hydrogens is 268 g/mol. The third-order valence-electron chi connectivity index (χ3n) is 3.31. The van der Waals surface area contributed by atoms with Crippen LogP contribution in [0.2, 0.25) is 0 Å². The lowest BCUT2D eigenvalue weighted by atomic mass is 9.85. The van der Waals surface area contributed by atoms with Crippen molar-refractivity contribution in [3.8, 4) is 5.69 Å². The summed E-state index contributed by atoms with van der Waals surface area (Å²) in [6.45, 7) is 7.30. The van der Waals surface area contributed by atoms with Gasteiger partial charge in [-0.2, -0.15) is 0 Å². The van der Waals surface area contributed by atoms with Crippen LogP contribution >= 0.6 is 0 Å². The van der Waals surface area contributed by atoms with E-state index in [1.807, 2.05) is 32.9 Å². The van der Waals surface area contributed by atoms with Crippen LogP contribution in [0.25, 0.3) is 5.69 Å². The molecular formula is C16H18N2O3. The second-order valence-corrected chi connectivity index (χ2v) is 5.97. The molecule has 0 spiro atoms. The molecule has 2 aromatic rings. The monoisotopic (exact) mass is 286 g/mol. The molecule has 0 unspecified atom stereocenters. The van der Waals surface area contributed by atoms with Gasteiger partial charge in [-0.15, -0.1) is 0 Å². The molecule has 0 radical (unpaired) electrons. The molecule has 0 bridgehead atoms. The number of nitrogens with zero attached hydrogens (tertiary/aromatic N) is 1. The molecule has 0 aliphatic carbocycles. The number of benzene rings is 1.